The Kier molecular flexibility index (Phi) is 3.72. The third kappa shape index (κ3) is 1.97. The average molecular weight is 252 g/mol. The first-order valence-electron chi connectivity index (χ1n) is 7.45. The summed E-state index contributed by atoms with van der Waals surface area (Å²) < 4.78 is 0. The van der Waals surface area contributed by atoms with Crippen LogP contribution in [-0.2, 0) is 4.79 Å². The number of nitrogens with zero attached hydrogens (tertiary/aromatic N) is 2. The summed E-state index contributed by atoms with van der Waals surface area (Å²) in [6.07, 6.45) is 2.23. The zero-order valence-electron chi connectivity index (χ0n) is 12.7. The fraction of sp³-hybridized carbons (Fsp3) is 0.933. The fourth-order valence-electron chi connectivity index (χ4n) is 4.08. The van der Waals surface area contributed by atoms with Crippen LogP contribution in [0.1, 0.15) is 54.4 Å². The number of rotatable bonds is 3. The minimum absolute atomic E-state index is 0.129. The lowest BCUT2D eigenvalue weighted by Gasteiger charge is -2.59. The Hall–Kier alpha value is -0.570. The van der Waals surface area contributed by atoms with Gasteiger partial charge in [0.25, 0.3) is 0 Å². The van der Waals surface area contributed by atoms with Gasteiger partial charge in [-0.15, -0.1) is 0 Å². The Labute approximate surface area is 112 Å². The van der Waals surface area contributed by atoms with E-state index in [1.807, 2.05) is 0 Å². The van der Waals surface area contributed by atoms with Crippen molar-refractivity contribution in [3.63, 3.8) is 0 Å². The molecule has 1 amide bonds. The number of hydrogen-bond donors (Lipinski definition) is 0. The molecule has 3 heteroatoms. The monoisotopic (exact) mass is 252 g/mol. The Morgan fingerprint density at radius 3 is 2.06 bits per heavy atom. The Morgan fingerprint density at radius 2 is 1.61 bits per heavy atom. The topological polar surface area (TPSA) is 23.6 Å². The predicted molar refractivity (Wildman–Crippen MR) is 74.4 cm³/mol. The first kappa shape index (κ1) is 13.9. The molecule has 3 heterocycles. The van der Waals surface area contributed by atoms with Crippen LogP contribution in [0.25, 0.3) is 0 Å². The molecule has 0 aromatic rings. The quantitative estimate of drug-likeness (QED) is 0.770. The molecular weight excluding hydrogens is 224 g/mol. The zero-order chi connectivity index (χ0) is 13.6. The van der Waals surface area contributed by atoms with Gasteiger partial charge in [0, 0.05) is 24.2 Å². The Bertz CT molecular complexity index is 324. The molecule has 0 radical (unpaired) electrons. The largest absolute Gasteiger partial charge is 0.334 e. The van der Waals surface area contributed by atoms with Gasteiger partial charge >= 0.3 is 0 Å². The summed E-state index contributed by atoms with van der Waals surface area (Å²) in [6, 6.07) is 1.88. The summed E-state index contributed by atoms with van der Waals surface area (Å²) in [5.41, 5.74) is 0. The SMILES string of the molecule is CC(C)C1C2CCC(C(=O)N2C(C)C)N1C(C)C. The van der Waals surface area contributed by atoms with E-state index < -0.39 is 0 Å². The van der Waals surface area contributed by atoms with Crippen molar-refractivity contribution in [3.05, 3.63) is 0 Å². The smallest absolute Gasteiger partial charge is 0.240 e. The molecule has 0 aromatic heterocycles. The Balaban J connectivity index is 2.36. The maximum atomic E-state index is 12.6. The molecule has 104 valence electrons. The van der Waals surface area contributed by atoms with Crippen molar-refractivity contribution in [3.8, 4) is 0 Å². The van der Waals surface area contributed by atoms with Crippen molar-refractivity contribution in [2.24, 2.45) is 5.92 Å². The van der Waals surface area contributed by atoms with Crippen LogP contribution < -0.4 is 0 Å². The highest BCUT2D eigenvalue weighted by molar-refractivity contribution is 5.84. The molecule has 2 bridgehead atoms. The first-order valence-corrected chi connectivity index (χ1v) is 7.45. The maximum absolute atomic E-state index is 12.6. The summed E-state index contributed by atoms with van der Waals surface area (Å²) in [5.74, 6) is 0.974. The molecule has 3 aliphatic heterocycles. The van der Waals surface area contributed by atoms with Crippen LogP contribution >= 0.6 is 0 Å². The van der Waals surface area contributed by atoms with Gasteiger partial charge in [-0.25, -0.2) is 0 Å². The van der Waals surface area contributed by atoms with Crippen LogP contribution in [0.5, 0.6) is 0 Å². The molecular formula is C15H28N2O. The van der Waals surface area contributed by atoms with Crippen molar-refractivity contribution in [1.29, 1.82) is 0 Å². The molecule has 3 unspecified atom stereocenters. The van der Waals surface area contributed by atoms with Crippen LogP contribution in [0.15, 0.2) is 0 Å². The molecule has 18 heavy (non-hydrogen) atoms. The summed E-state index contributed by atoms with van der Waals surface area (Å²) in [6.45, 7) is 13.3. The summed E-state index contributed by atoms with van der Waals surface area (Å²) in [5, 5.41) is 0. The average Bonchev–Trinajstić information content (AvgIpc) is 2.27. The number of piperazine rings is 1. The fourth-order valence-corrected chi connectivity index (χ4v) is 4.08. The second-order valence-corrected chi connectivity index (χ2v) is 6.78. The zero-order valence-corrected chi connectivity index (χ0v) is 12.7. The van der Waals surface area contributed by atoms with Gasteiger partial charge in [0.15, 0.2) is 0 Å². The number of amides is 1. The normalized spacial score (nSPS) is 33.3. The van der Waals surface area contributed by atoms with Crippen molar-refractivity contribution >= 4 is 5.91 Å². The van der Waals surface area contributed by atoms with E-state index in [9.17, 15) is 4.79 Å². The number of hydrogen-bond acceptors (Lipinski definition) is 2. The highest BCUT2D eigenvalue weighted by Gasteiger charge is 2.52. The molecule has 3 rings (SSSR count). The van der Waals surface area contributed by atoms with Crippen molar-refractivity contribution in [2.45, 2.75) is 84.6 Å². The summed E-state index contributed by atoms with van der Waals surface area (Å²) in [7, 11) is 0. The molecule has 0 spiro atoms. The van der Waals surface area contributed by atoms with E-state index in [4.69, 9.17) is 0 Å². The lowest BCUT2D eigenvalue weighted by molar-refractivity contribution is -0.169. The van der Waals surface area contributed by atoms with Gasteiger partial charge in [-0.1, -0.05) is 13.8 Å². The number of piperidine rings is 2. The molecule has 0 aliphatic carbocycles. The van der Waals surface area contributed by atoms with E-state index in [0.717, 1.165) is 6.42 Å². The van der Waals surface area contributed by atoms with Gasteiger partial charge in [0.2, 0.25) is 5.91 Å². The molecule has 3 fully saturated rings. The van der Waals surface area contributed by atoms with E-state index in [1.165, 1.54) is 6.42 Å². The number of carbonyl (C=O) groups excluding carboxylic acids is 1. The van der Waals surface area contributed by atoms with Crippen LogP contribution in [-0.4, -0.2) is 45.9 Å². The molecule has 0 saturated carbocycles. The maximum Gasteiger partial charge on any atom is 0.240 e. The molecule has 3 atom stereocenters. The standard InChI is InChI=1S/C15H28N2O/c1-9(2)14-12-7-8-13(16(14)10(3)4)15(18)17(12)11(5)6/h9-14H,7-8H2,1-6H3. The van der Waals surface area contributed by atoms with E-state index in [1.54, 1.807) is 0 Å². The van der Waals surface area contributed by atoms with E-state index in [0.29, 0.717) is 36.0 Å². The van der Waals surface area contributed by atoms with Crippen LogP contribution in [0.3, 0.4) is 0 Å². The van der Waals surface area contributed by atoms with E-state index in [2.05, 4.69) is 51.3 Å². The first-order chi connectivity index (χ1) is 8.36. The lowest BCUT2D eigenvalue weighted by Crippen LogP contribution is -2.73. The van der Waals surface area contributed by atoms with Gasteiger partial charge in [0.1, 0.15) is 0 Å². The van der Waals surface area contributed by atoms with Gasteiger partial charge < -0.3 is 4.90 Å². The van der Waals surface area contributed by atoms with Crippen molar-refractivity contribution < 1.29 is 4.79 Å². The summed E-state index contributed by atoms with van der Waals surface area (Å²) >= 11 is 0. The third-order valence-corrected chi connectivity index (χ3v) is 4.57. The number of fused-ring (bicyclic) bond motifs is 3. The minimum Gasteiger partial charge on any atom is -0.334 e. The molecule has 3 nitrogen and oxygen atoms in total. The predicted octanol–water partition coefficient (Wildman–Crippen LogP) is 2.50. The van der Waals surface area contributed by atoms with Gasteiger partial charge in [-0.05, 0) is 46.5 Å². The summed E-state index contributed by atoms with van der Waals surface area (Å²) in [4.78, 5) is 17.2. The molecule has 0 N–H and O–H groups in total. The van der Waals surface area contributed by atoms with Gasteiger partial charge in [0.05, 0.1) is 6.04 Å². The van der Waals surface area contributed by atoms with Crippen molar-refractivity contribution in [2.75, 3.05) is 0 Å². The molecule has 0 aromatic carbocycles. The highest BCUT2D eigenvalue weighted by Crippen LogP contribution is 2.39. The molecule has 3 saturated heterocycles. The second kappa shape index (κ2) is 4.84. The van der Waals surface area contributed by atoms with Gasteiger partial charge in [-0.2, -0.15) is 0 Å². The second-order valence-electron chi connectivity index (χ2n) is 6.78. The number of carbonyl (C=O) groups is 1. The van der Waals surface area contributed by atoms with Crippen LogP contribution in [0.4, 0.5) is 0 Å². The van der Waals surface area contributed by atoms with E-state index >= 15 is 0 Å². The van der Waals surface area contributed by atoms with Crippen LogP contribution in [0, 0.1) is 5.92 Å². The highest BCUT2D eigenvalue weighted by atomic mass is 16.2. The molecule has 3 aliphatic rings. The minimum atomic E-state index is 0.129. The van der Waals surface area contributed by atoms with Crippen LogP contribution in [0.2, 0.25) is 0 Å². The van der Waals surface area contributed by atoms with Gasteiger partial charge in [-0.3, -0.25) is 9.69 Å². The lowest BCUT2D eigenvalue weighted by atomic mass is 9.78. The Morgan fingerprint density at radius 1 is 1.00 bits per heavy atom. The third-order valence-electron chi connectivity index (χ3n) is 4.57. The van der Waals surface area contributed by atoms with Crippen molar-refractivity contribution in [1.82, 2.24) is 9.80 Å². The van der Waals surface area contributed by atoms with E-state index in [-0.39, 0.29) is 6.04 Å².